The van der Waals surface area contributed by atoms with Crippen LogP contribution in [0.3, 0.4) is 0 Å². The number of hydrogen-bond donors (Lipinski definition) is 2. The monoisotopic (exact) mass is 517 g/mol. The van der Waals surface area contributed by atoms with E-state index in [0.717, 1.165) is 29.5 Å². The van der Waals surface area contributed by atoms with Crippen LogP contribution in [-0.4, -0.2) is 29.6 Å². The zero-order valence-electron chi connectivity index (χ0n) is 22.4. The van der Waals surface area contributed by atoms with Gasteiger partial charge in [0.25, 0.3) is 0 Å². The van der Waals surface area contributed by atoms with Gasteiger partial charge in [0.05, 0.1) is 32.0 Å². The molecule has 1 fully saturated rings. The molecule has 0 saturated heterocycles. The van der Waals surface area contributed by atoms with Crippen LogP contribution in [0.1, 0.15) is 61.6 Å². The van der Waals surface area contributed by atoms with Gasteiger partial charge in [0.1, 0.15) is 12.3 Å². The molecule has 38 heavy (non-hydrogen) atoms. The molecule has 4 atom stereocenters. The summed E-state index contributed by atoms with van der Waals surface area (Å²) in [5.74, 6) is 0.366. The second kappa shape index (κ2) is 15.8. The highest BCUT2D eigenvalue weighted by Gasteiger charge is 2.32. The Hall–Kier alpha value is -2.54. The van der Waals surface area contributed by atoms with Crippen molar-refractivity contribution in [1.29, 1.82) is 0 Å². The Bertz CT molecular complexity index is 1010. The van der Waals surface area contributed by atoms with Crippen LogP contribution >= 0.6 is 0 Å². The van der Waals surface area contributed by atoms with Gasteiger partial charge in [-0.15, -0.1) is 0 Å². The highest BCUT2D eigenvalue weighted by molar-refractivity contribution is 5.15. The van der Waals surface area contributed by atoms with E-state index in [9.17, 15) is 5.11 Å². The molecule has 0 radical (unpaired) electrons. The third-order valence-electron chi connectivity index (χ3n) is 7.51. The normalized spacial score (nSPS) is 17.5. The zero-order valence-corrected chi connectivity index (χ0v) is 22.4. The fourth-order valence-corrected chi connectivity index (χ4v) is 5.25. The van der Waals surface area contributed by atoms with Gasteiger partial charge in [0, 0.05) is 0 Å². The summed E-state index contributed by atoms with van der Waals surface area (Å²) in [4.78, 5) is 0. The molecule has 1 saturated carbocycles. The van der Waals surface area contributed by atoms with E-state index in [1.165, 1.54) is 19.3 Å². The summed E-state index contributed by atoms with van der Waals surface area (Å²) < 4.78 is 19.1. The zero-order chi connectivity index (χ0) is 26.4. The molecular weight excluding hydrogens is 474 g/mol. The number of nitrogens with two attached hydrogens (primary N) is 1. The predicted molar refractivity (Wildman–Crippen MR) is 151 cm³/mol. The summed E-state index contributed by atoms with van der Waals surface area (Å²) in [6.07, 6.45) is 5.33. The highest BCUT2D eigenvalue weighted by atomic mass is 16.6. The van der Waals surface area contributed by atoms with Crippen molar-refractivity contribution in [3.05, 3.63) is 108 Å². The van der Waals surface area contributed by atoms with E-state index in [4.69, 9.17) is 19.9 Å². The molecule has 0 bridgehead atoms. The third-order valence-corrected chi connectivity index (χ3v) is 7.51. The minimum absolute atomic E-state index is 0.331. The van der Waals surface area contributed by atoms with Crippen molar-refractivity contribution in [2.24, 2.45) is 11.7 Å². The van der Waals surface area contributed by atoms with E-state index >= 15 is 0 Å². The second-order valence-corrected chi connectivity index (χ2v) is 10.4. The molecule has 5 heteroatoms. The first-order chi connectivity index (χ1) is 18.7. The number of aliphatic hydroxyl groups is 1. The topological polar surface area (TPSA) is 73.9 Å². The van der Waals surface area contributed by atoms with Crippen molar-refractivity contribution in [3.63, 3.8) is 0 Å². The van der Waals surface area contributed by atoms with Crippen LogP contribution in [-0.2, 0) is 34.0 Å². The lowest BCUT2D eigenvalue weighted by Gasteiger charge is -2.33. The van der Waals surface area contributed by atoms with Gasteiger partial charge in [0.2, 0.25) is 0 Å². The maximum Gasteiger partial charge on any atom is 0.135 e. The standard InChI is InChI=1S/C33H43NO4/c34-33(38-25-28-17-9-3-10-18-28)32(37-24-27-15-7-2-8-16-27)31(36-23-26-13-5-1-6-14-26)22-21-30(35)29-19-11-4-12-20-29/h1-3,5-10,13-18,29-33,35H,4,11-12,19-25,34H2. The molecule has 3 N–H and O–H groups in total. The molecule has 3 aromatic carbocycles. The molecule has 0 aromatic heterocycles. The first kappa shape index (κ1) is 28.5. The minimum atomic E-state index is -0.688. The first-order valence-corrected chi connectivity index (χ1v) is 14.1. The Balaban J connectivity index is 1.47. The molecule has 0 aliphatic heterocycles. The number of benzene rings is 3. The van der Waals surface area contributed by atoms with Gasteiger partial charge >= 0.3 is 0 Å². The van der Waals surface area contributed by atoms with Crippen LogP contribution in [0.25, 0.3) is 0 Å². The molecule has 4 unspecified atom stereocenters. The summed E-state index contributed by atoms with van der Waals surface area (Å²) in [6, 6.07) is 30.2. The fraction of sp³-hybridized carbons (Fsp3) is 0.455. The smallest absolute Gasteiger partial charge is 0.135 e. The van der Waals surface area contributed by atoms with E-state index in [1.54, 1.807) is 0 Å². The maximum absolute atomic E-state index is 11.0. The van der Waals surface area contributed by atoms with Crippen molar-refractivity contribution in [2.45, 2.75) is 89.3 Å². The summed E-state index contributed by atoms with van der Waals surface area (Å²) in [5, 5.41) is 11.0. The Morgan fingerprint density at radius 3 is 1.63 bits per heavy atom. The second-order valence-electron chi connectivity index (χ2n) is 10.4. The average molecular weight is 518 g/mol. The lowest BCUT2D eigenvalue weighted by atomic mass is 9.83. The average Bonchev–Trinajstić information content (AvgIpc) is 2.99. The van der Waals surface area contributed by atoms with Crippen molar-refractivity contribution >= 4 is 0 Å². The van der Waals surface area contributed by atoms with Crippen LogP contribution in [0.4, 0.5) is 0 Å². The van der Waals surface area contributed by atoms with Crippen LogP contribution in [0.2, 0.25) is 0 Å². The van der Waals surface area contributed by atoms with Crippen molar-refractivity contribution < 1.29 is 19.3 Å². The van der Waals surface area contributed by atoms with Crippen molar-refractivity contribution in [2.75, 3.05) is 0 Å². The van der Waals surface area contributed by atoms with E-state index in [0.29, 0.717) is 38.6 Å². The van der Waals surface area contributed by atoms with Crippen LogP contribution in [0, 0.1) is 5.92 Å². The maximum atomic E-state index is 11.0. The van der Waals surface area contributed by atoms with Gasteiger partial charge in [-0.3, -0.25) is 0 Å². The predicted octanol–water partition coefficient (Wildman–Crippen LogP) is 6.38. The molecule has 0 heterocycles. The highest BCUT2D eigenvalue weighted by Crippen LogP contribution is 2.29. The Morgan fingerprint density at radius 1 is 0.632 bits per heavy atom. The molecular formula is C33H43NO4. The molecule has 204 valence electrons. The molecule has 5 nitrogen and oxygen atoms in total. The van der Waals surface area contributed by atoms with Crippen LogP contribution < -0.4 is 5.73 Å². The summed E-state index contributed by atoms with van der Waals surface area (Å²) in [6.45, 7) is 1.25. The number of rotatable bonds is 15. The van der Waals surface area contributed by atoms with Crippen molar-refractivity contribution in [1.82, 2.24) is 0 Å². The SMILES string of the molecule is NC(OCc1ccccc1)C(OCc1ccccc1)C(CCC(O)C1CCCCC1)OCc1ccccc1. The number of hydrogen-bond acceptors (Lipinski definition) is 5. The lowest BCUT2D eigenvalue weighted by Crippen LogP contribution is -2.48. The largest absolute Gasteiger partial charge is 0.393 e. The molecule has 4 rings (SSSR count). The quantitative estimate of drug-likeness (QED) is 0.229. The van der Waals surface area contributed by atoms with Gasteiger partial charge in [-0.1, -0.05) is 110 Å². The van der Waals surface area contributed by atoms with Gasteiger partial charge in [0.15, 0.2) is 0 Å². The first-order valence-electron chi connectivity index (χ1n) is 14.1. The van der Waals surface area contributed by atoms with Crippen LogP contribution in [0.15, 0.2) is 91.0 Å². The van der Waals surface area contributed by atoms with Gasteiger partial charge in [-0.2, -0.15) is 0 Å². The van der Waals surface area contributed by atoms with E-state index in [2.05, 4.69) is 12.1 Å². The van der Waals surface area contributed by atoms with E-state index in [-0.39, 0.29) is 12.2 Å². The number of ether oxygens (including phenoxy) is 3. The minimum Gasteiger partial charge on any atom is -0.393 e. The van der Waals surface area contributed by atoms with Gasteiger partial charge in [-0.05, 0) is 48.3 Å². The molecule has 0 amide bonds. The lowest BCUT2D eigenvalue weighted by molar-refractivity contribution is -0.154. The summed E-state index contributed by atoms with van der Waals surface area (Å²) >= 11 is 0. The van der Waals surface area contributed by atoms with Gasteiger partial charge in [-0.25, -0.2) is 0 Å². The summed E-state index contributed by atoms with van der Waals surface area (Å²) in [7, 11) is 0. The van der Waals surface area contributed by atoms with Gasteiger partial charge < -0.3 is 25.1 Å². The molecule has 1 aliphatic rings. The number of aliphatic hydroxyl groups excluding tert-OH is 1. The summed E-state index contributed by atoms with van der Waals surface area (Å²) in [5.41, 5.74) is 9.87. The van der Waals surface area contributed by atoms with Crippen molar-refractivity contribution in [3.8, 4) is 0 Å². The van der Waals surface area contributed by atoms with E-state index < -0.39 is 12.3 Å². The van der Waals surface area contributed by atoms with Crippen LogP contribution in [0.5, 0.6) is 0 Å². The molecule has 0 spiro atoms. The Morgan fingerprint density at radius 2 is 1.11 bits per heavy atom. The molecule has 1 aliphatic carbocycles. The third kappa shape index (κ3) is 9.33. The fourth-order valence-electron chi connectivity index (χ4n) is 5.25. The van der Waals surface area contributed by atoms with E-state index in [1.807, 2.05) is 78.9 Å². The Kier molecular flexibility index (Phi) is 11.8. The Labute approximate surface area is 227 Å². The molecule has 3 aromatic rings.